The Morgan fingerprint density at radius 1 is 0.386 bits per heavy atom. The van der Waals surface area contributed by atoms with Gasteiger partial charge in [-0.25, -0.2) is 9.59 Å². The maximum Gasteiger partial charge on any atom is 0.346 e. The molecule has 0 N–H and O–H groups in total. The Hall–Kier alpha value is -6.82. The zero-order valence-electron chi connectivity index (χ0n) is 31.6. The van der Waals surface area contributed by atoms with Gasteiger partial charge in [-0.2, -0.15) is 0 Å². The summed E-state index contributed by atoms with van der Waals surface area (Å²) in [6.45, 7) is 0.339. The van der Waals surface area contributed by atoms with Gasteiger partial charge in [-0.05, 0) is 46.5 Å². The Morgan fingerprint density at radius 2 is 0.649 bits per heavy atom. The summed E-state index contributed by atoms with van der Waals surface area (Å²) in [5, 5.41) is 0. The molecule has 6 rings (SSSR count). The number of hydrogen-bond donors (Lipinski definition) is 0. The fourth-order valence-electron chi connectivity index (χ4n) is 5.48. The highest BCUT2D eigenvalue weighted by molar-refractivity contribution is 6.03. The highest BCUT2D eigenvalue weighted by atomic mass is 16.7. The molecule has 0 radical (unpaired) electrons. The van der Waals surface area contributed by atoms with Crippen molar-refractivity contribution in [3.05, 3.63) is 179 Å². The minimum absolute atomic E-state index is 0.0274. The first-order valence-corrected chi connectivity index (χ1v) is 18.0. The van der Waals surface area contributed by atoms with Gasteiger partial charge in [0.05, 0.1) is 11.1 Å². The summed E-state index contributed by atoms with van der Waals surface area (Å²) >= 11 is 0. The zero-order valence-corrected chi connectivity index (χ0v) is 31.6. The second-order valence-electron chi connectivity index (χ2n) is 12.5. The minimum atomic E-state index is -0.967. The number of carbonyl (C=O) groups excluding carboxylic acids is 2. The molecule has 0 saturated carbocycles. The van der Waals surface area contributed by atoms with Gasteiger partial charge in [0.25, 0.3) is 0 Å². The number of carbonyl (C=O) groups is 2. The molecule has 6 aromatic rings. The van der Waals surface area contributed by atoms with Crippen LogP contribution in [0.5, 0.6) is 34.5 Å². The highest BCUT2D eigenvalue weighted by Gasteiger charge is 2.25. The van der Waals surface area contributed by atoms with Gasteiger partial charge in [0.1, 0.15) is 26.4 Å². The van der Waals surface area contributed by atoms with Crippen LogP contribution in [-0.4, -0.2) is 39.7 Å². The minimum Gasteiger partial charge on any atom is -0.485 e. The number of rotatable bonds is 20. The van der Waals surface area contributed by atoms with Crippen molar-refractivity contribution in [2.75, 3.05) is 27.8 Å². The first kappa shape index (κ1) is 39.9. The molecule has 57 heavy (non-hydrogen) atoms. The molecule has 0 atom stereocenters. The van der Waals surface area contributed by atoms with Crippen LogP contribution in [0.15, 0.2) is 146 Å². The van der Waals surface area contributed by atoms with Crippen LogP contribution in [-0.2, 0) is 40.6 Å². The van der Waals surface area contributed by atoms with Crippen LogP contribution in [0.3, 0.4) is 0 Å². The molecule has 11 nitrogen and oxygen atoms in total. The third-order valence-corrected chi connectivity index (χ3v) is 8.29. The van der Waals surface area contributed by atoms with Gasteiger partial charge in [0, 0.05) is 14.2 Å². The summed E-state index contributed by atoms with van der Waals surface area (Å²) < 4.78 is 52.5. The lowest BCUT2D eigenvalue weighted by atomic mass is 10.1. The molecule has 6 aromatic carbocycles. The normalized spacial score (nSPS) is 10.6. The standard InChI is InChI=1S/C46H42O11/c1-49-31-55-43-39(51-27-33-15-7-3-8-16-33)23-37(24-40(43)52-28-34-17-9-4-10-18-34)45(47)57-46(48)38-25-41(53-29-35-19-11-5-12-20-35)44(56-32-50-2)42(26-38)54-30-36-21-13-6-14-22-36/h3-26H,27-32H2,1-2H3. The van der Waals surface area contributed by atoms with E-state index in [-0.39, 0.29) is 85.6 Å². The number of hydrogen-bond acceptors (Lipinski definition) is 11. The summed E-state index contributed by atoms with van der Waals surface area (Å²) in [5.41, 5.74) is 3.44. The molecule has 0 unspecified atom stereocenters. The highest BCUT2D eigenvalue weighted by Crippen LogP contribution is 2.42. The van der Waals surface area contributed by atoms with Crippen LogP contribution >= 0.6 is 0 Å². The smallest absolute Gasteiger partial charge is 0.346 e. The number of benzene rings is 6. The lowest BCUT2D eigenvalue weighted by Gasteiger charge is -2.19. The van der Waals surface area contributed by atoms with Crippen molar-refractivity contribution in [3.63, 3.8) is 0 Å². The number of ether oxygens (including phenoxy) is 9. The van der Waals surface area contributed by atoms with Crippen molar-refractivity contribution in [1.82, 2.24) is 0 Å². The molecule has 0 fully saturated rings. The summed E-state index contributed by atoms with van der Waals surface area (Å²) in [6, 6.07) is 43.7. The lowest BCUT2D eigenvalue weighted by Crippen LogP contribution is -2.15. The van der Waals surface area contributed by atoms with Gasteiger partial charge in [-0.15, -0.1) is 0 Å². The Morgan fingerprint density at radius 3 is 0.895 bits per heavy atom. The third-order valence-electron chi connectivity index (χ3n) is 8.29. The van der Waals surface area contributed by atoms with Gasteiger partial charge in [0.2, 0.25) is 11.5 Å². The Labute approximate surface area is 331 Å². The SMILES string of the molecule is COCOc1c(OCc2ccccc2)cc(C(=O)OC(=O)c2cc(OCc3ccccc3)c(OCOC)c(OCc3ccccc3)c2)cc1OCc1ccccc1. The van der Waals surface area contributed by atoms with Gasteiger partial charge < -0.3 is 42.6 Å². The molecule has 292 valence electrons. The number of esters is 2. The fraction of sp³-hybridized carbons (Fsp3) is 0.174. The Kier molecular flexibility index (Phi) is 14.5. The molecule has 0 saturated heterocycles. The molecular formula is C46H42O11. The predicted octanol–water partition coefficient (Wildman–Crippen LogP) is 8.97. The molecule has 0 aromatic heterocycles. The van der Waals surface area contributed by atoms with E-state index >= 15 is 0 Å². The summed E-state index contributed by atoms with van der Waals surface area (Å²) in [6.07, 6.45) is 0. The van der Waals surface area contributed by atoms with E-state index in [0.29, 0.717) is 0 Å². The molecule has 0 aliphatic rings. The van der Waals surface area contributed by atoms with Crippen LogP contribution in [0.25, 0.3) is 0 Å². The van der Waals surface area contributed by atoms with Gasteiger partial charge >= 0.3 is 11.9 Å². The van der Waals surface area contributed by atoms with E-state index in [4.69, 9.17) is 42.6 Å². The summed E-state index contributed by atoms with van der Waals surface area (Å²) in [4.78, 5) is 27.8. The van der Waals surface area contributed by atoms with Crippen LogP contribution in [0, 0.1) is 0 Å². The van der Waals surface area contributed by atoms with Crippen molar-refractivity contribution in [2.24, 2.45) is 0 Å². The average molecular weight is 771 g/mol. The quantitative estimate of drug-likeness (QED) is 0.0421. The first-order chi connectivity index (χ1) is 28.0. The third kappa shape index (κ3) is 11.6. The molecule has 0 aliphatic heterocycles. The van der Waals surface area contributed by atoms with Crippen molar-refractivity contribution >= 4 is 11.9 Å². The molecule has 0 spiro atoms. The van der Waals surface area contributed by atoms with Crippen molar-refractivity contribution < 1.29 is 52.2 Å². The maximum atomic E-state index is 13.9. The van der Waals surface area contributed by atoms with E-state index < -0.39 is 11.9 Å². The van der Waals surface area contributed by atoms with E-state index in [9.17, 15) is 9.59 Å². The second kappa shape index (κ2) is 20.7. The van der Waals surface area contributed by atoms with Crippen molar-refractivity contribution in [2.45, 2.75) is 26.4 Å². The average Bonchev–Trinajstić information content (AvgIpc) is 3.26. The molecular weight excluding hydrogens is 728 g/mol. The summed E-state index contributed by atoms with van der Waals surface area (Å²) in [5.74, 6) is -0.821. The van der Waals surface area contributed by atoms with E-state index in [1.165, 1.54) is 38.5 Å². The molecule has 0 aliphatic carbocycles. The van der Waals surface area contributed by atoms with E-state index in [1.54, 1.807) is 0 Å². The van der Waals surface area contributed by atoms with Crippen LogP contribution < -0.4 is 28.4 Å². The molecule has 0 heterocycles. The predicted molar refractivity (Wildman–Crippen MR) is 211 cm³/mol. The van der Waals surface area contributed by atoms with E-state index in [0.717, 1.165) is 22.3 Å². The van der Waals surface area contributed by atoms with Crippen molar-refractivity contribution in [3.8, 4) is 34.5 Å². The first-order valence-electron chi connectivity index (χ1n) is 18.0. The zero-order chi connectivity index (χ0) is 39.7. The van der Waals surface area contributed by atoms with Crippen LogP contribution in [0.2, 0.25) is 0 Å². The second-order valence-corrected chi connectivity index (χ2v) is 12.5. The summed E-state index contributed by atoms with van der Waals surface area (Å²) in [7, 11) is 2.97. The molecule has 0 amide bonds. The molecule has 0 bridgehead atoms. The fourth-order valence-corrected chi connectivity index (χ4v) is 5.48. The number of methoxy groups -OCH3 is 2. The van der Waals surface area contributed by atoms with Crippen LogP contribution in [0.1, 0.15) is 43.0 Å². The van der Waals surface area contributed by atoms with E-state index in [1.807, 2.05) is 121 Å². The van der Waals surface area contributed by atoms with E-state index in [2.05, 4.69) is 0 Å². The Balaban J connectivity index is 1.32. The largest absolute Gasteiger partial charge is 0.485 e. The Bertz CT molecular complexity index is 1890. The van der Waals surface area contributed by atoms with Crippen molar-refractivity contribution in [1.29, 1.82) is 0 Å². The van der Waals surface area contributed by atoms with Gasteiger partial charge in [-0.3, -0.25) is 0 Å². The topological polar surface area (TPSA) is 117 Å². The maximum absolute atomic E-state index is 13.9. The van der Waals surface area contributed by atoms with Crippen LogP contribution in [0.4, 0.5) is 0 Å². The molecule has 11 heteroatoms. The lowest BCUT2D eigenvalue weighted by molar-refractivity contribution is 0.0393. The van der Waals surface area contributed by atoms with Gasteiger partial charge in [0.15, 0.2) is 36.6 Å². The monoisotopic (exact) mass is 770 g/mol. The van der Waals surface area contributed by atoms with Gasteiger partial charge in [-0.1, -0.05) is 121 Å².